The number of rotatable bonds is 2. The maximum atomic E-state index is 5.69. The van der Waals surface area contributed by atoms with E-state index in [9.17, 15) is 0 Å². The molecule has 0 spiro atoms. The first kappa shape index (κ1) is 11.1. The molecule has 0 saturated carbocycles. The average Bonchev–Trinajstić information content (AvgIpc) is 2.44. The van der Waals surface area contributed by atoms with Crippen LogP contribution in [0.3, 0.4) is 0 Å². The normalized spacial score (nSPS) is 12.4. The SMILES string of the molecule is CC(N)Cc1cc2ccccc2o1.Cl. The number of hydrogen-bond acceptors (Lipinski definition) is 2. The van der Waals surface area contributed by atoms with Crippen LogP contribution in [0.2, 0.25) is 0 Å². The van der Waals surface area contributed by atoms with Crippen molar-refractivity contribution in [1.82, 2.24) is 0 Å². The highest BCUT2D eigenvalue weighted by Gasteiger charge is 2.04. The van der Waals surface area contributed by atoms with Crippen LogP contribution < -0.4 is 5.73 Å². The maximum Gasteiger partial charge on any atom is 0.134 e. The summed E-state index contributed by atoms with van der Waals surface area (Å²) < 4.78 is 5.60. The van der Waals surface area contributed by atoms with Crippen LogP contribution in [0.4, 0.5) is 0 Å². The summed E-state index contributed by atoms with van der Waals surface area (Å²) in [5, 5.41) is 1.15. The van der Waals surface area contributed by atoms with E-state index >= 15 is 0 Å². The van der Waals surface area contributed by atoms with Crippen molar-refractivity contribution in [3.05, 3.63) is 36.1 Å². The molecular weight excluding hydrogens is 198 g/mol. The van der Waals surface area contributed by atoms with Gasteiger partial charge in [-0.25, -0.2) is 0 Å². The van der Waals surface area contributed by atoms with Gasteiger partial charge in [0.15, 0.2) is 0 Å². The summed E-state index contributed by atoms with van der Waals surface area (Å²) in [6, 6.07) is 10.2. The zero-order valence-electron chi connectivity index (χ0n) is 8.07. The fourth-order valence-electron chi connectivity index (χ4n) is 1.45. The van der Waals surface area contributed by atoms with Gasteiger partial charge in [-0.3, -0.25) is 0 Å². The second kappa shape index (κ2) is 4.49. The Morgan fingerprint density at radius 2 is 2.07 bits per heavy atom. The highest BCUT2D eigenvalue weighted by Crippen LogP contribution is 2.19. The summed E-state index contributed by atoms with van der Waals surface area (Å²) in [5.74, 6) is 0.969. The van der Waals surface area contributed by atoms with E-state index in [0.717, 1.165) is 23.2 Å². The van der Waals surface area contributed by atoms with Gasteiger partial charge in [-0.15, -0.1) is 12.4 Å². The number of fused-ring (bicyclic) bond motifs is 1. The molecule has 1 aromatic heterocycles. The molecule has 2 rings (SSSR count). The van der Waals surface area contributed by atoms with E-state index in [-0.39, 0.29) is 18.4 Å². The Morgan fingerprint density at radius 1 is 1.36 bits per heavy atom. The topological polar surface area (TPSA) is 39.2 Å². The van der Waals surface area contributed by atoms with Gasteiger partial charge in [0.2, 0.25) is 0 Å². The van der Waals surface area contributed by atoms with Gasteiger partial charge in [-0.05, 0) is 19.1 Å². The van der Waals surface area contributed by atoms with E-state index in [4.69, 9.17) is 10.2 Å². The predicted octanol–water partition coefficient (Wildman–Crippen LogP) is 2.74. The number of halogens is 1. The van der Waals surface area contributed by atoms with Crippen LogP contribution >= 0.6 is 12.4 Å². The molecule has 2 N–H and O–H groups in total. The average molecular weight is 212 g/mol. The summed E-state index contributed by atoms with van der Waals surface area (Å²) in [6.45, 7) is 1.98. The molecule has 0 aliphatic carbocycles. The van der Waals surface area contributed by atoms with Crippen LogP contribution in [0.25, 0.3) is 11.0 Å². The minimum atomic E-state index is 0. The van der Waals surface area contributed by atoms with Gasteiger partial charge in [0.1, 0.15) is 11.3 Å². The maximum absolute atomic E-state index is 5.69. The summed E-state index contributed by atoms with van der Waals surface area (Å²) in [6.07, 6.45) is 0.800. The molecule has 2 aromatic rings. The predicted molar refractivity (Wildman–Crippen MR) is 60.8 cm³/mol. The minimum absolute atomic E-state index is 0. The molecule has 1 aromatic carbocycles. The van der Waals surface area contributed by atoms with Crippen molar-refractivity contribution in [3.8, 4) is 0 Å². The van der Waals surface area contributed by atoms with Gasteiger partial charge in [0.05, 0.1) is 0 Å². The minimum Gasteiger partial charge on any atom is -0.461 e. The summed E-state index contributed by atoms with van der Waals surface area (Å²) in [5.41, 5.74) is 6.63. The fraction of sp³-hybridized carbons (Fsp3) is 0.273. The van der Waals surface area contributed by atoms with Crippen LogP contribution in [0, 0.1) is 0 Å². The van der Waals surface area contributed by atoms with E-state index in [1.54, 1.807) is 0 Å². The van der Waals surface area contributed by atoms with Gasteiger partial charge < -0.3 is 10.2 Å². The molecule has 1 unspecified atom stereocenters. The molecule has 3 heteroatoms. The van der Waals surface area contributed by atoms with Crippen molar-refractivity contribution in [1.29, 1.82) is 0 Å². The second-order valence-corrected chi connectivity index (χ2v) is 3.43. The first-order valence-corrected chi connectivity index (χ1v) is 4.49. The van der Waals surface area contributed by atoms with E-state index in [1.165, 1.54) is 0 Å². The molecule has 0 fully saturated rings. The van der Waals surface area contributed by atoms with Crippen molar-refractivity contribution in [2.75, 3.05) is 0 Å². The second-order valence-electron chi connectivity index (χ2n) is 3.43. The summed E-state index contributed by atoms with van der Waals surface area (Å²) >= 11 is 0. The van der Waals surface area contributed by atoms with Crippen molar-refractivity contribution in [2.24, 2.45) is 5.73 Å². The third kappa shape index (κ3) is 2.28. The molecule has 2 nitrogen and oxygen atoms in total. The fourth-order valence-corrected chi connectivity index (χ4v) is 1.45. The molecule has 0 amide bonds. The van der Waals surface area contributed by atoms with Crippen LogP contribution in [-0.4, -0.2) is 6.04 Å². The Bertz CT molecular complexity index is 375. The molecule has 14 heavy (non-hydrogen) atoms. The van der Waals surface area contributed by atoms with Gasteiger partial charge in [-0.1, -0.05) is 18.2 Å². The Morgan fingerprint density at radius 3 is 2.71 bits per heavy atom. The molecule has 0 saturated heterocycles. The highest BCUT2D eigenvalue weighted by molar-refractivity contribution is 5.85. The molecule has 76 valence electrons. The van der Waals surface area contributed by atoms with Crippen LogP contribution in [0.5, 0.6) is 0 Å². The smallest absolute Gasteiger partial charge is 0.134 e. The van der Waals surface area contributed by atoms with Crippen LogP contribution in [-0.2, 0) is 6.42 Å². The monoisotopic (exact) mass is 211 g/mol. The van der Waals surface area contributed by atoms with Crippen molar-refractivity contribution in [3.63, 3.8) is 0 Å². The number of benzene rings is 1. The van der Waals surface area contributed by atoms with Crippen LogP contribution in [0.15, 0.2) is 34.7 Å². The molecule has 0 bridgehead atoms. The Balaban J connectivity index is 0.000000980. The molecule has 0 radical (unpaired) electrons. The Hall–Kier alpha value is -0.990. The van der Waals surface area contributed by atoms with Crippen molar-refractivity contribution in [2.45, 2.75) is 19.4 Å². The van der Waals surface area contributed by atoms with E-state index in [1.807, 2.05) is 31.2 Å². The van der Waals surface area contributed by atoms with Gasteiger partial charge >= 0.3 is 0 Å². The first-order valence-electron chi connectivity index (χ1n) is 4.49. The number of para-hydroxylation sites is 1. The highest BCUT2D eigenvalue weighted by atomic mass is 35.5. The largest absolute Gasteiger partial charge is 0.461 e. The lowest BCUT2D eigenvalue weighted by molar-refractivity contribution is 0.525. The lowest BCUT2D eigenvalue weighted by atomic mass is 10.2. The van der Waals surface area contributed by atoms with Crippen molar-refractivity contribution < 1.29 is 4.42 Å². The standard InChI is InChI=1S/C11H13NO.ClH/c1-8(12)6-10-7-9-4-2-3-5-11(9)13-10;/h2-5,7-8H,6,12H2,1H3;1H. The first-order chi connectivity index (χ1) is 6.25. The lowest BCUT2D eigenvalue weighted by Gasteiger charge is -1.98. The Kier molecular flexibility index (Phi) is 3.55. The number of hydrogen-bond donors (Lipinski definition) is 1. The zero-order valence-corrected chi connectivity index (χ0v) is 8.88. The lowest BCUT2D eigenvalue weighted by Crippen LogP contribution is -2.17. The van der Waals surface area contributed by atoms with E-state index in [0.29, 0.717) is 0 Å². The summed E-state index contributed by atoms with van der Waals surface area (Å²) in [4.78, 5) is 0. The summed E-state index contributed by atoms with van der Waals surface area (Å²) in [7, 11) is 0. The van der Waals surface area contributed by atoms with Gasteiger partial charge in [-0.2, -0.15) is 0 Å². The van der Waals surface area contributed by atoms with Gasteiger partial charge in [0, 0.05) is 17.8 Å². The van der Waals surface area contributed by atoms with E-state index < -0.39 is 0 Å². The molecule has 1 atom stereocenters. The molecule has 0 aliphatic heterocycles. The third-order valence-electron chi connectivity index (χ3n) is 2.00. The van der Waals surface area contributed by atoms with Crippen LogP contribution in [0.1, 0.15) is 12.7 Å². The molecule has 1 heterocycles. The van der Waals surface area contributed by atoms with Crippen molar-refractivity contribution >= 4 is 23.4 Å². The molecule has 0 aliphatic rings. The number of furan rings is 1. The van der Waals surface area contributed by atoms with Gasteiger partial charge in [0.25, 0.3) is 0 Å². The quantitative estimate of drug-likeness (QED) is 0.830. The Labute approximate surface area is 89.5 Å². The zero-order chi connectivity index (χ0) is 9.26. The van der Waals surface area contributed by atoms with E-state index in [2.05, 4.69) is 6.07 Å². The molecular formula is C11H14ClNO. The third-order valence-corrected chi connectivity index (χ3v) is 2.00. The number of nitrogens with two attached hydrogens (primary N) is 1.